The van der Waals surface area contributed by atoms with E-state index in [1.807, 2.05) is 0 Å². The largest absolute Gasteiger partial charge is 0.476 e. The Hall–Kier alpha value is -3.30. The first kappa shape index (κ1) is 14.1. The molecule has 2 aromatic rings. The van der Waals surface area contributed by atoms with E-state index < -0.39 is 33.9 Å². The lowest BCUT2D eigenvalue weighted by Gasteiger charge is -2.03. The first-order chi connectivity index (χ1) is 9.91. The summed E-state index contributed by atoms with van der Waals surface area (Å²) in [4.78, 5) is 35.8. The molecule has 0 unspecified atom stereocenters. The molecule has 0 amide bonds. The normalized spacial score (nSPS) is 10.3. The van der Waals surface area contributed by atoms with E-state index in [2.05, 4.69) is 10.1 Å². The number of carboxylic acids is 2. The van der Waals surface area contributed by atoms with E-state index in [0.717, 1.165) is 4.68 Å². The summed E-state index contributed by atoms with van der Waals surface area (Å²) in [7, 11) is 0. The maximum atomic E-state index is 11.2. The van der Waals surface area contributed by atoms with Gasteiger partial charge in [-0.15, -0.1) is 0 Å². The molecule has 10 heteroatoms. The van der Waals surface area contributed by atoms with Crippen molar-refractivity contribution < 1.29 is 24.7 Å². The quantitative estimate of drug-likeness (QED) is 0.602. The molecular weight excluding hydrogens is 284 g/mol. The molecule has 0 atom stereocenters. The lowest BCUT2D eigenvalue weighted by Crippen LogP contribution is -2.12. The Balaban J connectivity index is 2.60. The smallest absolute Gasteiger partial charge is 0.363 e. The highest BCUT2D eigenvalue weighted by atomic mass is 16.6. The summed E-state index contributed by atoms with van der Waals surface area (Å²) in [5.74, 6) is -3.30. The van der Waals surface area contributed by atoms with E-state index in [0.29, 0.717) is 5.56 Å². The summed E-state index contributed by atoms with van der Waals surface area (Å²) in [5.41, 5.74) is -2.16. The molecule has 10 nitrogen and oxygen atoms in total. The lowest BCUT2D eigenvalue weighted by molar-refractivity contribution is -0.385. The molecule has 0 aromatic carbocycles. The van der Waals surface area contributed by atoms with Gasteiger partial charge in [0, 0.05) is 12.4 Å². The number of nitro groups is 1. The number of hydrogen-bond donors (Lipinski definition) is 2. The van der Waals surface area contributed by atoms with Crippen molar-refractivity contribution in [2.75, 3.05) is 0 Å². The Kier molecular flexibility index (Phi) is 3.61. The fraction of sp³-hybridized carbons (Fsp3) is 0.0909. The van der Waals surface area contributed by atoms with Crippen LogP contribution in [0.1, 0.15) is 26.5 Å². The third kappa shape index (κ3) is 2.68. The van der Waals surface area contributed by atoms with Gasteiger partial charge < -0.3 is 10.2 Å². The Morgan fingerprint density at radius 1 is 1.24 bits per heavy atom. The van der Waals surface area contributed by atoms with E-state index in [1.54, 1.807) is 12.1 Å². The molecule has 2 N–H and O–H groups in total. The highest BCUT2D eigenvalue weighted by molar-refractivity contribution is 5.98. The van der Waals surface area contributed by atoms with Crippen LogP contribution >= 0.6 is 0 Å². The Labute approximate surface area is 116 Å². The first-order valence-corrected chi connectivity index (χ1v) is 5.52. The minimum atomic E-state index is -1.67. The predicted molar refractivity (Wildman–Crippen MR) is 66.1 cm³/mol. The molecule has 0 saturated carbocycles. The van der Waals surface area contributed by atoms with Gasteiger partial charge in [-0.1, -0.05) is 0 Å². The van der Waals surface area contributed by atoms with Crippen molar-refractivity contribution in [2.24, 2.45) is 0 Å². The second kappa shape index (κ2) is 5.36. The zero-order valence-corrected chi connectivity index (χ0v) is 10.3. The summed E-state index contributed by atoms with van der Waals surface area (Å²) < 4.78 is 0.777. The van der Waals surface area contributed by atoms with Crippen molar-refractivity contribution in [3.8, 4) is 0 Å². The van der Waals surface area contributed by atoms with Crippen LogP contribution in [-0.4, -0.2) is 41.8 Å². The molecule has 0 aliphatic rings. The number of pyridine rings is 1. The molecule has 0 aliphatic heterocycles. The maximum Gasteiger partial charge on any atom is 0.363 e. The summed E-state index contributed by atoms with van der Waals surface area (Å²) >= 11 is 0. The topological polar surface area (TPSA) is 148 Å². The van der Waals surface area contributed by atoms with Crippen LogP contribution in [-0.2, 0) is 6.54 Å². The minimum Gasteiger partial charge on any atom is -0.476 e. The standard InChI is InChI=1S/C11H8N4O6/c16-10(17)7-8(15(20)21)9(11(18)19)14(13-7)5-6-1-3-12-4-2-6/h1-4H,5H2,(H,16,17)(H,18,19). The zero-order chi connectivity index (χ0) is 15.6. The SMILES string of the molecule is O=C(O)c1nn(Cc2ccncc2)c(C(=O)O)c1[N+](=O)[O-]. The fourth-order valence-electron chi connectivity index (χ4n) is 1.76. The molecule has 0 spiro atoms. The number of aromatic carboxylic acids is 2. The summed E-state index contributed by atoms with van der Waals surface area (Å²) in [5, 5.41) is 32.5. The minimum absolute atomic E-state index is 0.127. The van der Waals surface area contributed by atoms with Gasteiger partial charge in [0.15, 0.2) is 0 Å². The average molecular weight is 292 g/mol. The van der Waals surface area contributed by atoms with Gasteiger partial charge in [-0.25, -0.2) is 14.3 Å². The van der Waals surface area contributed by atoms with Crippen molar-refractivity contribution >= 4 is 17.6 Å². The molecular formula is C11H8N4O6. The van der Waals surface area contributed by atoms with Gasteiger partial charge in [0.2, 0.25) is 11.4 Å². The molecule has 0 radical (unpaired) electrons. The third-order valence-electron chi connectivity index (χ3n) is 2.60. The summed E-state index contributed by atoms with van der Waals surface area (Å²) in [6.07, 6.45) is 2.90. The molecule has 0 saturated heterocycles. The van der Waals surface area contributed by atoms with E-state index in [1.165, 1.54) is 12.4 Å². The lowest BCUT2D eigenvalue weighted by atomic mass is 10.2. The average Bonchev–Trinajstić information content (AvgIpc) is 2.79. The van der Waals surface area contributed by atoms with Gasteiger partial charge in [-0.05, 0) is 17.7 Å². The van der Waals surface area contributed by atoms with Crippen LogP contribution in [0, 0.1) is 10.1 Å². The Morgan fingerprint density at radius 2 is 1.86 bits per heavy atom. The van der Waals surface area contributed by atoms with Crippen molar-refractivity contribution in [2.45, 2.75) is 6.54 Å². The van der Waals surface area contributed by atoms with Crippen LogP contribution in [0.25, 0.3) is 0 Å². The van der Waals surface area contributed by atoms with Crippen molar-refractivity contribution in [3.05, 3.63) is 51.6 Å². The van der Waals surface area contributed by atoms with Crippen LogP contribution in [0.5, 0.6) is 0 Å². The van der Waals surface area contributed by atoms with Crippen LogP contribution < -0.4 is 0 Å². The van der Waals surface area contributed by atoms with Crippen molar-refractivity contribution in [3.63, 3.8) is 0 Å². The van der Waals surface area contributed by atoms with E-state index in [-0.39, 0.29) is 6.54 Å². The van der Waals surface area contributed by atoms with Gasteiger partial charge in [-0.2, -0.15) is 5.10 Å². The van der Waals surface area contributed by atoms with Crippen molar-refractivity contribution in [1.29, 1.82) is 0 Å². The molecule has 0 bridgehead atoms. The summed E-state index contributed by atoms with van der Waals surface area (Å²) in [6, 6.07) is 3.11. The summed E-state index contributed by atoms with van der Waals surface area (Å²) in [6.45, 7) is -0.127. The molecule has 2 rings (SSSR count). The Bertz CT molecular complexity index is 724. The number of aromatic nitrogens is 3. The molecule has 0 aliphatic carbocycles. The van der Waals surface area contributed by atoms with E-state index in [9.17, 15) is 19.7 Å². The number of carboxylic acid groups (broad SMARTS) is 2. The number of carbonyl (C=O) groups is 2. The predicted octanol–water partition coefficient (Wildman–Crippen LogP) is 0.631. The maximum absolute atomic E-state index is 11.2. The fourth-order valence-corrected chi connectivity index (χ4v) is 1.76. The second-order valence-electron chi connectivity index (χ2n) is 3.93. The first-order valence-electron chi connectivity index (χ1n) is 5.52. The van der Waals surface area contributed by atoms with E-state index in [4.69, 9.17) is 10.2 Å². The van der Waals surface area contributed by atoms with Gasteiger partial charge in [0.25, 0.3) is 0 Å². The van der Waals surface area contributed by atoms with E-state index >= 15 is 0 Å². The number of nitrogens with zero attached hydrogens (tertiary/aromatic N) is 4. The highest BCUT2D eigenvalue weighted by Gasteiger charge is 2.35. The molecule has 2 aromatic heterocycles. The number of rotatable bonds is 5. The van der Waals surface area contributed by atoms with Crippen molar-refractivity contribution in [1.82, 2.24) is 14.8 Å². The second-order valence-corrected chi connectivity index (χ2v) is 3.93. The van der Waals surface area contributed by atoms with Gasteiger partial charge in [-0.3, -0.25) is 15.1 Å². The number of hydrogen-bond acceptors (Lipinski definition) is 6. The monoisotopic (exact) mass is 292 g/mol. The van der Waals surface area contributed by atoms with Gasteiger partial charge in [0.1, 0.15) is 0 Å². The van der Waals surface area contributed by atoms with Crippen LogP contribution in [0.4, 0.5) is 5.69 Å². The molecule has 108 valence electrons. The van der Waals surface area contributed by atoms with Crippen LogP contribution in [0.15, 0.2) is 24.5 Å². The van der Waals surface area contributed by atoms with Gasteiger partial charge >= 0.3 is 17.6 Å². The molecule has 21 heavy (non-hydrogen) atoms. The van der Waals surface area contributed by atoms with Crippen LogP contribution in [0.2, 0.25) is 0 Å². The molecule has 0 fully saturated rings. The van der Waals surface area contributed by atoms with Gasteiger partial charge in [0.05, 0.1) is 11.5 Å². The highest BCUT2D eigenvalue weighted by Crippen LogP contribution is 2.24. The Morgan fingerprint density at radius 3 is 2.33 bits per heavy atom. The zero-order valence-electron chi connectivity index (χ0n) is 10.3. The molecule has 2 heterocycles. The van der Waals surface area contributed by atoms with Crippen LogP contribution in [0.3, 0.4) is 0 Å². The third-order valence-corrected chi connectivity index (χ3v) is 2.60.